The Kier molecular flexibility index (Phi) is 5.55. The molecule has 138 valence electrons. The number of carbonyl (C=O) groups is 1. The second-order valence-electron chi connectivity index (χ2n) is 6.03. The Labute approximate surface area is 150 Å². The van der Waals surface area contributed by atoms with Crippen molar-refractivity contribution >= 4 is 11.8 Å². The summed E-state index contributed by atoms with van der Waals surface area (Å²) < 4.78 is 36.8. The fraction of sp³-hybridized carbons (Fsp3) is 0.316. The highest BCUT2D eigenvalue weighted by atomic mass is 19.3. The van der Waals surface area contributed by atoms with Crippen LogP contribution in [0.1, 0.15) is 23.6 Å². The molecular weight excluding hydrogens is 342 g/mol. The van der Waals surface area contributed by atoms with Gasteiger partial charge in [-0.1, -0.05) is 30.3 Å². The van der Waals surface area contributed by atoms with E-state index in [4.69, 9.17) is 9.47 Å². The van der Waals surface area contributed by atoms with Crippen LogP contribution in [-0.4, -0.2) is 25.7 Å². The Balaban J connectivity index is 1.71. The van der Waals surface area contributed by atoms with Gasteiger partial charge in [0.05, 0.1) is 19.2 Å². The normalized spacial score (nSPS) is 18.6. The van der Waals surface area contributed by atoms with Gasteiger partial charge in [-0.05, 0) is 30.2 Å². The average Bonchev–Trinajstić information content (AvgIpc) is 2.66. The molecule has 2 atom stereocenters. The predicted octanol–water partition coefficient (Wildman–Crippen LogP) is 4.11. The number of hydrogen-bond donors (Lipinski definition) is 2. The molecule has 1 heterocycles. The van der Waals surface area contributed by atoms with E-state index in [9.17, 15) is 13.6 Å². The number of methoxy groups -OCH3 is 1. The molecule has 1 amide bonds. The van der Waals surface area contributed by atoms with Gasteiger partial charge in [0.2, 0.25) is 0 Å². The molecule has 7 heteroatoms. The Hall–Kier alpha value is -2.83. The first-order chi connectivity index (χ1) is 12.6. The van der Waals surface area contributed by atoms with E-state index in [0.717, 1.165) is 5.56 Å². The second-order valence-corrected chi connectivity index (χ2v) is 6.03. The second kappa shape index (κ2) is 8.03. The van der Waals surface area contributed by atoms with Gasteiger partial charge in [0.1, 0.15) is 12.4 Å². The van der Waals surface area contributed by atoms with Gasteiger partial charge in [-0.25, -0.2) is 13.6 Å². The highest BCUT2D eigenvalue weighted by Crippen LogP contribution is 2.36. The smallest absolute Gasteiger partial charge is 0.407 e. The maximum atomic E-state index is 13.2. The molecule has 0 bridgehead atoms. The highest BCUT2D eigenvalue weighted by Gasteiger charge is 2.33. The topological polar surface area (TPSA) is 59.6 Å². The zero-order valence-electron chi connectivity index (χ0n) is 14.2. The van der Waals surface area contributed by atoms with Crippen LogP contribution in [0.5, 0.6) is 5.75 Å². The minimum absolute atomic E-state index is 0.0538. The summed E-state index contributed by atoms with van der Waals surface area (Å²) >= 11 is 0. The molecule has 5 nitrogen and oxygen atoms in total. The lowest BCUT2D eigenvalue weighted by molar-refractivity contribution is 0.107. The molecule has 0 saturated carbocycles. The summed E-state index contributed by atoms with van der Waals surface area (Å²) in [6, 6.07) is 12.7. The van der Waals surface area contributed by atoms with Crippen LogP contribution >= 0.6 is 0 Å². The Bertz CT molecular complexity index is 756. The first-order valence-corrected chi connectivity index (χ1v) is 8.26. The van der Waals surface area contributed by atoms with Gasteiger partial charge in [-0.2, -0.15) is 0 Å². The SMILES string of the molecule is COc1ccc2c(c1)[C@@H](NC(=O)OCc1ccccc1)C[C@@H](C(F)F)N2. The Morgan fingerprint density at radius 1 is 1.27 bits per heavy atom. The van der Waals surface area contributed by atoms with Crippen LogP contribution in [0, 0.1) is 0 Å². The van der Waals surface area contributed by atoms with Crippen molar-refractivity contribution in [2.45, 2.75) is 31.5 Å². The number of benzene rings is 2. The number of fused-ring (bicyclic) bond motifs is 1. The van der Waals surface area contributed by atoms with E-state index in [1.54, 1.807) is 18.2 Å². The number of halogens is 2. The number of hydrogen-bond acceptors (Lipinski definition) is 4. The summed E-state index contributed by atoms with van der Waals surface area (Å²) in [5.74, 6) is 0.588. The third kappa shape index (κ3) is 4.22. The van der Waals surface area contributed by atoms with Crippen LogP contribution in [0.25, 0.3) is 0 Å². The minimum atomic E-state index is -2.55. The summed E-state index contributed by atoms with van der Waals surface area (Å²) in [6.45, 7) is 0.112. The summed E-state index contributed by atoms with van der Waals surface area (Å²) in [7, 11) is 1.52. The van der Waals surface area contributed by atoms with Crippen molar-refractivity contribution in [2.75, 3.05) is 12.4 Å². The molecule has 0 saturated heterocycles. The van der Waals surface area contributed by atoms with Gasteiger partial charge >= 0.3 is 6.09 Å². The molecule has 2 aromatic carbocycles. The van der Waals surface area contributed by atoms with Crippen LogP contribution in [0.3, 0.4) is 0 Å². The van der Waals surface area contributed by atoms with Crippen molar-refractivity contribution in [3.63, 3.8) is 0 Å². The molecule has 0 aromatic heterocycles. The molecule has 2 N–H and O–H groups in total. The van der Waals surface area contributed by atoms with E-state index < -0.39 is 24.6 Å². The quantitative estimate of drug-likeness (QED) is 0.840. The van der Waals surface area contributed by atoms with Crippen molar-refractivity contribution in [2.24, 2.45) is 0 Å². The van der Waals surface area contributed by atoms with Gasteiger partial charge < -0.3 is 20.1 Å². The summed E-state index contributed by atoms with van der Waals surface area (Å²) in [5, 5.41) is 5.50. The zero-order valence-corrected chi connectivity index (χ0v) is 14.2. The maximum Gasteiger partial charge on any atom is 0.407 e. The van der Waals surface area contributed by atoms with Crippen LogP contribution in [-0.2, 0) is 11.3 Å². The van der Waals surface area contributed by atoms with Crippen LogP contribution in [0.4, 0.5) is 19.3 Å². The van der Waals surface area contributed by atoms with Gasteiger partial charge in [0, 0.05) is 11.3 Å². The molecule has 2 aromatic rings. The Morgan fingerprint density at radius 2 is 2.04 bits per heavy atom. The number of anilines is 1. The molecule has 0 radical (unpaired) electrons. The predicted molar refractivity (Wildman–Crippen MR) is 93.5 cm³/mol. The number of alkyl carbamates (subject to hydrolysis) is 1. The number of alkyl halides is 2. The van der Waals surface area contributed by atoms with Crippen molar-refractivity contribution in [3.05, 3.63) is 59.7 Å². The van der Waals surface area contributed by atoms with E-state index in [2.05, 4.69) is 10.6 Å². The van der Waals surface area contributed by atoms with Crippen molar-refractivity contribution in [1.82, 2.24) is 5.32 Å². The minimum Gasteiger partial charge on any atom is -0.497 e. The molecular formula is C19H20F2N2O3. The van der Waals surface area contributed by atoms with Crippen molar-refractivity contribution in [3.8, 4) is 5.75 Å². The average molecular weight is 362 g/mol. The third-order valence-corrected chi connectivity index (χ3v) is 4.27. The number of carbonyl (C=O) groups excluding carboxylic acids is 1. The van der Waals surface area contributed by atoms with Gasteiger partial charge in [-0.15, -0.1) is 0 Å². The summed E-state index contributed by atoms with van der Waals surface area (Å²) in [4.78, 5) is 12.2. The largest absolute Gasteiger partial charge is 0.497 e. The molecule has 3 rings (SSSR count). The standard InChI is InChI=1S/C19H20F2N2O3/c1-25-13-7-8-15-14(9-13)16(10-17(22-15)18(20)21)23-19(24)26-11-12-5-3-2-4-6-12/h2-9,16-18,22H,10-11H2,1H3,(H,23,24)/t16-,17-/m0/s1. The van der Waals surface area contributed by atoms with E-state index in [1.165, 1.54) is 7.11 Å². The molecule has 0 spiro atoms. The van der Waals surface area contributed by atoms with Crippen molar-refractivity contribution in [1.29, 1.82) is 0 Å². The molecule has 0 unspecified atom stereocenters. The van der Waals surface area contributed by atoms with Gasteiger partial charge in [-0.3, -0.25) is 0 Å². The van der Waals surface area contributed by atoms with Crippen LogP contribution < -0.4 is 15.4 Å². The van der Waals surface area contributed by atoms with E-state index in [0.29, 0.717) is 17.0 Å². The summed E-state index contributed by atoms with van der Waals surface area (Å²) in [6.07, 6.45) is -3.14. The number of rotatable bonds is 5. The Morgan fingerprint density at radius 3 is 2.73 bits per heavy atom. The molecule has 1 aliphatic heterocycles. The zero-order chi connectivity index (χ0) is 18.5. The summed E-state index contributed by atoms with van der Waals surface area (Å²) in [5.41, 5.74) is 2.09. The van der Waals surface area contributed by atoms with Crippen molar-refractivity contribution < 1.29 is 23.0 Å². The van der Waals surface area contributed by atoms with E-state index >= 15 is 0 Å². The molecule has 0 fully saturated rings. The number of ether oxygens (including phenoxy) is 2. The number of nitrogens with one attached hydrogen (secondary N) is 2. The van der Waals surface area contributed by atoms with Gasteiger partial charge in [0.15, 0.2) is 0 Å². The molecule has 26 heavy (non-hydrogen) atoms. The van der Waals surface area contributed by atoms with E-state index in [1.807, 2.05) is 30.3 Å². The molecule has 1 aliphatic rings. The van der Waals surface area contributed by atoms with Gasteiger partial charge in [0.25, 0.3) is 6.43 Å². The maximum absolute atomic E-state index is 13.2. The first-order valence-electron chi connectivity index (χ1n) is 8.26. The monoisotopic (exact) mass is 362 g/mol. The lowest BCUT2D eigenvalue weighted by atomic mass is 9.93. The lowest BCUT2D eigenvalue weighted by Gasteiger charge is -2.33. The highest BCUT2D eigenvalue weighted by molar-refractivity contribution is 5.69. The first kappa shape index (κ1) is 18.0. The molecule has 0 aliphatic carbocycles. The van der Waals surface area contributed by atoms with Crippen LogP contribution in [0.2, 0.25) is 0 Å². The fourth-order valence-corrected chi connectivity index (χ4v) is 2.94. The number of amides is 1. The van der Waals surface area contributed by atoms with Crippen LogP contribution in [0.15, 0.2) is 48.5 Å². The lowest BCUT2D eigenvalue weighted by Crippen LogP contribution is -2.40. The third-order valence-electron chi connectivity index (χ3n) is 4.27. The fourth-order valence-electron chi connectivity index (χ4n) is 2.94. The van der Waals surface area contributed by atoms with E-state index in [-0.39, 0.29) is 13.0 Å².